The lowest BCUT2D eigenvalue weighted by atomic mass is 11.2. The Morgan fingerprint density at radius 2 is 2.00 bits per heavy atom. The van der Waals surface area contributed by atoms with Gasteiger partial charge in [0.05, 0.1) is 6.26 Å². The predicted molar refractivity (Wildman–Crippen MR) is 24.9 cm³/mol. The summed E-state index contributed by atoms with van der Waals surface area (Å²) in [6.45, 7) is 2.92. The van der Waals surface area contributed by atoms with Crippen molar-refractivity contribution in [2.75, 3.05) is 0 Å². The van der Waals surface area contributed by atoms with Gasteiger partial charge in [0.25, 0.3) is 0 Å². The lowest BCUT2D eigenvalue weighted by molar-refractivity contribution is -0.0379. The second-order valence-corrected chi connectivity index (χ2v) is 1.61. The van der Waals surface area contributed by atoms with Crippen LogP contribution in [0, 0.1) is 0 Å². The molecule has 0 unspecified atom stereocenters. The summed E-state index contributed by atoms with van der Waals surface area (Å²) in [6, 6.07) is 0. The lowest BCUT2D eigenvalue weighted by Crippen LogP contribution is -1.98. The second-order valence-electron chi connectivity index (χ2n) is 0.792. The van der Waals surface area contributed by atoms with Crippen LogP contribution in [0.2, 0.25) is 0 Å². The van der Waals surface area contributed by atoms with Crippen molar-refractivity contribution < 1.29 is 17.4 Å². The Hall–Kier alpha value is -0.320. The molecule has 0 heterocycles. The van der Waals surface area contributed by atoms with Crippen molar-refractivity contribution in [3.8, 4) is 0 Å². The third-order valence-corrected chi connectivity index (χ3v) is 0.632. The zero-order valence-electron chi connectivity index (χ0n) is 3.73. The van der Waals surface area contributed by atoms with Crippen molar-refractivity contribution in [3.05, 3.63) is 12.8 Å². The highest BCUT2D eigenvalue weighted by atomic mass is 32.2. The molecule has 0 rings (SSSR count). The van der Waals surface area contributed by atoms with Crippen LogP contribution in [0.5, 0.6) is 0 Å². The van der Waals surface area contributed by atoms with E-state index in [1.807, 2.05) is 0 Å². The SMILES string of the molecule is C=COSC(F)(F)F. The molecule has 8 heavy (non-hydrogen) atoms. The first kappa shape index (κ1) is 7.68. The van der Waals surface area contributed by atoms with Gasteiger partial charge in [-0.15, -0.1) is 0 Å². The van der Waals surface area contributed by atoms with E-state index in [9.17, 15) is 13.2 Å². The predicted octanol–water partition coefficient (Wildman–Crippen LogP) is 2.31. The van der Waals surface area contributed by atoms with Gasteiger partial charge in [0.1, 0.15) is 0 Å². The van der Waals surface area contributed by atoms with Crippen LogP contribution in [0.25, 0.3) is 0 Å². The molecular weight excluding hydrogens is 141 g/mol. The van der Waals surface area contributed by atoms with E-state index in [1.54, 1.807) is 0 Å². The molecule has 0 saturated heterocycles. The minimum atomic E-state index is -4.33. The first-order valence-electron chi connectivity index (χ1n) is 1.58. The summed E-state index contributed by atoms with van der Waals surface area (Å²) in [5.74, 6) is 0. The smallest absolute Gasteiger partial charge is 0.426 e. The highest BCUT2D eigenvalue weighted by Crippen LogP contribution is 2.30. The Labute approximate surface area is 48.7 Å². The molecule has 1 nitrogen and oxygen atoms in total. The fraction of sp³-hybridized carbons (Fsp3) is 0.333. The molecule has 0 saturated carbocycles. The van der Waals surface area contributed by atoms with Crippen LogP contribution in [-0.2, 0) is 4.18 Å². The van der Waals surface area contributed by atoms with Crippen molar-refractivity contribution in [1.29, 1.82) is 0 Å². The van der Waals surface area contributed by atoms with E-state index < -0.39 is 17.6 Å². The maximum absolute atomic E-state index is 11.0. The van der Waals surface area contributed by atoms with Gasteiger partial charge in [0.2, 0.25) is 0 Å². The first-order chi connectivity index (χ1) is 3.56. The van der Waals surface area contributed by atoms with E-state index in [-0.39, 0.29) is 0 Å². The maximum Gasteiger partial charge on any atom is 0.479 e. The average molecular weight is 144 g/mol. The van der Waals surface area contributed by atoms with Crippen LogP contribution in [0.1, 0.15) is 0 Å². The molecule has 0 fully saturated rings. The van der Waals surface area contributed by atoms with Crippen LogP contribution in [-0.4, -0.2) is 5.51 Å². The standard InChI is InChI=1S/C3H3F3OS/c1-2-7-8-3(4,5)6/h2H,1H2. The molecular formula is C3H3F3OS. The third-order valence-electron chi connectivity index (χ3n) is 0.211. The second kappa shape index (κ2) is 2.86. The number of hydrogen-bond donors (Lipinski definition) is 0. The number of hydrogen-bond acceptors (Lipinski definition) is 2. The highest BCUT2D eigenvalue weighted by Gasteiger charge is 2.30. The average Bonchev–Trinajstić information content (AvgIpc) is 1.59. The third kappa shape index (κ3) is 5.68. The molecule has 0 aromatic carbocycles. The van der Waals surface area contributed by atoms with Gasteiger partial charge in [-0.2, -0.15) is 13.2 Å². The topological polar surface area (TPSA) is 9.23 Å². The summed E-state index contributed by atoms with van der Waals surface area (Å²) < 4.78 is 36.9. The number of alkyl halides is 3. The van der Waals surface area contributed by atoms with Crippen molar-refractivity contribution in [1.82, 2.24) is 0 Å². The molecule has 0 aliphatic rings. The van der Waals surface area contributed by atoms with Crippen LogP contribution in [0.3, 0.4) is 0 Å². The van der Waals surface area contributed by atoms with Gasteiger partial charge >= 0.3 is 5.51 Å². The fourth-order valence-corrected chi connectivity index (χ4v) is 0.266. The van der Waals surface area contributed by atoms with Gasteiger partial charge in [0.15, 0.2) is 12.0 Å². The molecule has 0 N–H and O–H groups in total. The summed E-state index contributed by atoms with van der Waals surface area (Å²) in [4.78, 5) is 0. The Morgan fingerprint density at radius 1 is 1.50 bits per heavy atom. The Morgan fingerprint density at radius 3 is 2.12 bits per heavy atom. The van der Waals surface area contributed by atoms with E-state index in [0.717, 1.165) is 6.26 Å². The Bertz CT molecular complexity index is 79.1. The van der Waals surface area contributed by atoms with Gasteiger partial charge in [-0.3, -0.25) is 0 Å². The van der Waals surface area contributed by atoms with Crippen LogP contribution >= 0.6 is 12.0 Å². The zero-order valence-corrected chi connectivity index (χ0v) is 4.55. The first-order valence-corrected chi connectivity index (χ1v) is 2.32. The molecule has 0 aromatic rings. The highest BCUT2D eigenvalue weighted by molar-refractivity contribution is 7.95. The summed E-state index contributed by atoms with van der Waals surface area (Å²) in [6.07, 6.45) is 0.720. The van der Waals surface area contributed by atoms with Crippen LogP contribution < -0.4 is 0 Å². The molecule has 0 aliphatic carbocycles. The normalized spacial score (nSPS) is 10.9. The van der Waals surface area contributed by atoms with Gasteiger partial charge in [-0.25, -0.2) is 0 Å². The molecule has 5 heteroatoms. The lowest BCUT2D eigenvalue weighted by Gasteiger charge is -1.99. The van der Waals surface area contributed by atoms with Crippen LogP contribution in [0.4, 0.5) is 13.2 Å². The Balaban J connectivity index is 3.24. The summed E-state index contributed by atoms with van der Waals surface area (Å²) in [5, 5.41) is 0. The van der Waals surface area contributed by atoms with E-state index in [1.165, 1.54) is 0 Å². The molecule has 0 spiro atoms. The van der Waals surface area contributed by atoms with Gasteiger partial charge < -0.3 is 4.18 Å². The van der Waals surface area contributed by atoms with Gasteiger partial charge in [-0.1, -0.05) is 6.58 Å². The molecule has 0 amide bonds. The van der Waals surface area contributed by atoms with E-state index in [0.29, 0.717) is 0 Å². The van der Waals surface area contributed by atoms with E-state index >= 15 is 0 Å². The van der Waals surface area contributed by atoms with Gasteiger partial charge in [0, 0.05) is 0 Å². The molecule has 48 valence electrons. The Kier molecular flexibility index (Phi) is 2.75. The largest absolute Gasteiger partial charge is 0.479 e. The van der Waals surface area contributed by atoms with E-state index in [2.05, 4.69) is 10.8 Å². The van der Waals surface area contributed by atoms with Crippen LogP contribution in [0.15, 0.2) is 12.8 Å². The van der Waals surface area contributed by atoms with Crippen molar-refractivity contribution in [2.45, 2.75) is 5.51 Å². The summed E-state index contributed by atoms with van der Waals surface area (Å²) in [7, 11) is 0. The molecule has 0 radical (unpaired) electrons. The van der Waals surface area contributed by atoms with Gasteiger partial charge in [-0.05, 0) is 0 Å². The van der Waals surface area contributed by atoms with Crippen molar-refractivity contribution >= 4 is 12.0 Å². The summed E-state index contributed by atoms with van der Waals surface area (Å²) >= 11 is -0.584. The van der Waals surface area contributed by atoms with Crippen molar-refractivity contribution in [2.24, 2.45) is 0 Å². The minimum Gasteiger partial charge on any atom is -0.426 e. The molecule has 0 atom stereocenters. The molecule has 0 aromatic heterocycles. The number of halogens is 3. The maximum atomic E-state index is 11.0. The fourth-order valence-electron chi connectivity index (χ4n) is 0.0886. The molecule has 0 bridgehead atoms. The zero-order chi connectivity index (χ0) is 6.62. The number of rotatable bonds is 2. The van der Waals surface area contributed by atoms with E-state index in [4.69, 9.17) is 0 Å². The molecule has 0 aliphatic heterocycles. The minimum absolute atomic E-state index is 0.584. The monoisotopic (exact) mass is 144 g/mol. The summed E-state index contributed by atoms with van der Waals surface area (Å²) in [5.41, 5.74) is -4.33. The van der Waals surface area contributed by atoms with Crippen molar-refractivity contribution in [3.63, 3.8) is 0 Å². The quantitative estimate of drug-likeness (QED) is 0.434.